The van der Waals surface area contributed by atoms with Crippen molar-refractivity contribution in [3.63, 3.8) is 0 Å². The lowest BCUT2D eigenvalue weighted by atomic mass is 9.83. The van der Waals surface area contributed by atoms with Crippen molar-refractivity contribution in [1.29, 1.82) is 0 Å². The van der Waals surface area contributed by atoms with Crippen LogP contribution in [0.1, 0.15) is 61.7 Å². The van der Waals surface area contributed by atoms with Crippen molar-refractivity contribution in [3.8, 4) is 0 Å². The predicted molar refractivity (Wildman–Crippen MR) is 64.4 cm³/mol. The largest absolute Gasteiger partial charge is 0.364 e. The second kappa shape index (κ2) is 3.78. The molecule has 3 rings (SSSR count). The Kier molecular flexibility index (Phi) is 2.54. The van der Waals surface area contributed by atoms with E-state index in [4.69, 9.17) is 9.47 Å². The zero-order valence-electron chi connectivity index (χ0n) is 10.8. The number of aliphatic hydroxyl groups is 2. The maximum Gasteiger partial charge on any atom is 0.182 e. The van der Waals surface area contributed by atoms with E-state index in [1.807, 2.05) is 6.07 Å². The van der Waals surface area contributed by atoms with Gasteiger partial charge in [-0.3, -0.25) is 0 Å². The third-order valence-corrected chi connectivity index (χ3v) is 3.61. The molecule has 0 aliphatic carbocycles. The molecule has 0 aromatic heterocycles. The van der Waals surface area contributed by atoms with Crippen molar-refractivity contribution in [2.75, 3.05) is 0 Å². The van der Waals surface area contributed by atoms with E-state index in [1.54, 1.807) is 6.07 Å². The Labute approximate surface area is 106 Å². The van der Waals surface area contributed by atoms with Crippen LogP contribution in [0.15, 0.2) is 12.1 Å². The molecule has 4 nitrogen and oxygen atoms in total. The Morgan fingerprint density at radius 2 is 1.78 bits per heavy atom. The lowest BCUT2D eigenvalue weighted by Gasteiger charge is -2.27. The highest BCUT2D eigenvalue weighted by molar-refractivity contribution is 5.44. The summed E-state index contributed by atoms with van der Waals surface area (Å²) in [6.45, 7) is 6.66. The summed E-state index contributed by atoms with van der Waals surface area (Å²) >= 11 is 0. The van der Waals surface area contributed by atoms with Gasteiger partial charge in [-0.1, -0.05) is 20.8 Å². The highest BCUT2D eigenvalue weighted by Crippen LogP contribution is 2.49. The van der Waals surface area contributed by atoms with Gasteiger partial charge in [0, 0.05) is 11.1 Å². The molecule has 1 aromatic rings. The third-order valence-electron chi connectivity index (χ3n) is 3.61. The minimum absolute atomic E-state index is 0.0848. The smallest absolute Gasteiger partial charge is 0.182 e. The van der Waals surface area contributed by atoms with Gasteiger partial charge < -0.3 is 19.7 Å². The Hall–Kier alpha value is -0.940. The zero-order chi connectivity index (χ0) is 13.1. The lowest BCUT2D eigenvalue weighted by Crippen LogP contribution is -2.18. The first-order chi connectivity index (χ1) is 8.38. The van der Waals surface area contributed by atoms with Gasteiger partial charge in [-0.25, -0.2) is 0 Å². The molecule has 18 heavy (non-hydrogen) atoms. The van der Waals surface area contributed by atoms with Crippen LogP contribution in [0.3, 0.4) is 0 Å². The van der Waals surface area contributed by atoms with Gasteiger partial charge in [-0.2, -0.15) is 0 Å². The molecule has 0 amide bonds. The Morgan fingerprint density at radius 1 is 1.06 bits per heavy atom. The van der Waals surface area contributed by atoms with Gasteiger partial charge >= 0.3 is 0 Å². The molecule has 2 heterocycles. The summed E-state index contributed by atoms with van der Waals surface area (Å²) in [6, 6.07) is 3.80. The van der Waals surface area contributed by atoms with Crippen LogP contribution >= 0.6 is 0 Å². The van der Waals surface area contributed by atoms with E-state index >= 15 is 0 Å². The molecule has 4 heteroatoms. The molecule has 0 saturated heterocycles. The molecule has 3 unspecified atom stereocenters. The number of ether oxygens (including phenoxy) is 2. The van der Waals surface area contributed by atoms with Gasteiger partial charge in [0.25, 0.3) is 0 Å². The van der Waals surface area contributed by atoms with Crippen molar-refractivity contribution in [3.05, 3.63) is 34.4 Å². The van der Waals surface area contributed by atoms with Crippen LogP contribution < -0.4 is 0 Å². The fourth-order valence-corrected chi connectivity index (χ4v) is 2.70. The van der Waals surface area contributed by atoms with Gasteiger partial charge in [-0.05, 0) is 28.7 Å². The lowest BCUT2D eigenvalue weighted by molar-refractivity contribution is -0.149. The first-order valence-corrected chi connectivity index (χ1v) is 6.18. The van der Waals surface area contributed by atoms with E-state index in [-0.39, 0.29) is 11.5 Å². The molecule has 3 atom stereocenters. The quantitative estimate of drug-likeness (QED) is 0.742. The van der Waals surface area contributed by atoms with Gasteiger partial charge in [0.2, 0.25) is 0 Å². The van der Waals surface area contributed by atoms with E-state index in [0.717, 1.165) is 22.3 Å². The van der Waals surface area contributed by atoms with E-state index < -0.39 is 12.6 Å². The number of fused-ring (bicyclic) bond motifs is 2. The number of rotatable bonds is 0. The predicted octanol–water partition coefficient (Wildman–Crippen LogP) is 2.32. The van der Waals surface area contributed by atoms with Crippen molar-refractivity contribution >= 4 is 0 Å². The summed E-state index contributed by atoms with van der Waals surface area (Å²) in [7, 11) is 0. The Morgan fingerprint density at radius 3 is 2.44 bits per heavy atom. The SMILES string of the molecule is CC(C)(C)C1OC(O)c2cc3c(cc21)COC3O. The highest BCUT2D eigenvalue weighted by Gasteiger charge is 2.39. The van der Waals surface area contributed by atoms with Gasteiger partial charge in [0.15, 0.2) is 12.6 Å². The molecule has 0 spiro atoms. The summed E-state index contributed by atoms with van der Waals surface area (Å²) in [4.78, 5) is 0. The second-order valence-electron chi connectivity index (χ2n) is 6.08. The third kappa shape index (κ3) is 1.68. The van der Waals surface area contributed by atoms with Crippen LogP contribution in [0, 0.1) is 5.41 Å². The fourth-order valence-electron chi connectivity index (χ4n) is 2.70. The summed E-state index contributed by atoms with van der Waals surface area (Å²) in [5.41, 5.74) is 3.39. The fraction of sp³-hybridized carbons (Fsp3) is 0.571. The topological polar surface area (TPSA) is 58.9 Å². The standard InChI is InChI=1S/C14H18O4/c1-14(2,3)11-9-4-7-6-17-12(15)8(7)5-10(9)13(16)18-11/h4-5,11-13,15-16H,6H2,1-3H3. The maximum absolute atomic E-state index is 9.99. The zero-order valence-corrected chi connectivity index (χ0v) is 10.8. The van der Waals surface area contributed by atoms with Crippen LogP contribution in [-0.2, 0) is 16.1 Å². The second-order valence-corrected chi connectivity index (χ2v) is 6.08. The number of hydrogen-bond donors (Lipinski definition) is 2. The first kappa shape index (κ1) is 12.1. The van der Waals surface area contributed by atoms with E-state index in [0.29, 0.717) is 6.61 Å². The highest BCUT2D eigenvalue weighted by atomic mass is 16.6. The van der Waals surface area contributed by atoms with E-state index in [2.05, 4.69) is 20.8 Å². The number of benzene rings is 1. The van der Waals surface area contributed by atoms with Gasteiger partial charge in [0.1, 0.15) is 0 Å². The molecule has 0 bridgehead atoms. The number of hydrogen-bond acceptors (Lipinski definition) is 4. The van der Waals surface area contributed by atoms with Crippen molar-refractivity contribution in [1.82, 2.24) is 0 Å². The Balaban J connectivity index is 2.11. The Bertz CT molecular complexity index is 489. The molecule has 2 aliphatic heterocycles. The summed E-state index contributed by atoms with van der Waals surface area (Å²) in [5.74, 6) is 0. The van der Waals surface area contributed by atoms with Crippen LogP contribution in [0.25, 0.3) is 0 Å². The van der Waals surface area contributed by atoms with E-state index in [9.17, 15) is 10.2 Å². The summed E-state index contributed by atoms with van der Waals surface area (Å²) in [6.07, 6.45) is -1.93. The molecular weight excluding hydrogens is 232 g/mol. The monoisotopic (exact) mass is 250 g/mol. The van der Waals surface area contributed by atoms with Crippen LogP contribution in [0.5, 0.6) is 0 Å². The minimum atomic E-state index is -0.915. The molecule has 0 radical (unpaired) electrons. The summed E-state index contributed by atoms with van der Waals surface area (Å²) in [5, 5.41) is 19.7. The molecule has 0 saturated carbocycles. The summed E-state index contributed by atoms with van der Waals surface area (Å²) < 4.78 is 10.8. The normalized spacial score (nSPS) is 30.4. The van der Waals surface area contributed by atoms with Crippen molar-refractivity contribution < 1.29 is 19.7 Å². The average molecular weight is 250 g/mol. The first-order valence-electron chi connectivity index (χ1n) is 6.18. The van der Waals surface area contributed by atoms with E-state index in [1.165, 1.54) is 0 Å². The minimum Gasteiger partial charge on any atom is -0.364 e. The van der Waals surface area contributed by atoms with Crippen LogP contribution in [0.4, 0.5) is 0 Å². The molecule has 98 valence electrons. The molecule has 2 N–H and O–H groups in total. The molecular formula is C14H18O4. The molecule has 0 fully saturated rings. The molecule has 2 aliphatic rings. The molecule has 1 aromatic carbocycles. The average Bonchev–Trinajstić information content (AvgIpc) is 2.79. The van der Waals surface area contributed by atoms with Crippen molar-refractivity contribution in [2.45, 2.75) is 46.1 Å². The maximum atomic E-state index is 9.99. The van der Waals surface area contributed by atoms with Crippen LogP contribution in [0.2, 0.25) is 0 Å². The van der Waals surface area contributed by atoms with Crippen molar-refractivity contribution in [2.24, 2.45) is 5.41 Å². The van der Waals surface area contributed by atoms with Gasteiger partial charge in [0.05, 0.1) is 12.7 Å². The number of aliphatic hydroxyl groups excluding tert-OH is 2. The van der Waals surface area contributed by atoms with Gasteiger partial charge in [-0.15, -0.1) is 0 Å². The van der Waals surface area contributed by atoms with Crippen LogP contribution in [-0.4, -0.2) is 10.2 Å².